The predicted octanol–water partition coefficient (Wildman–Crippen LogP) is 1.16. The first-order chi connectivity index (χ1) is 9.26. The summed E-state index contributed by atoms with van der Waals surface area (Å²) in [5, 5.41) is 0. The molecule has 0 aliphatic carbocycles. The number of rotatable bonds is 6. The van der Waals surface area contributed by atoms with Crippen LogP contribution >= 0.6 is 0 Å². The summed E-state index contributed by atoms with van der Waals surface area (Å²) < 4.78 is 5.30. The molecule has 0 aromatic rings. The summed E-state index contributed by atoms with van der Waals surface area (Å²) >= 11 is 0. The average molecular weight is 269 g/mol. The Morgan fingerprint density at radius 2 is 1.95 bits per heavy atom. The van der Waals surface area contributed by atoms with E-state index in [0.717, 1.165) is 19.2 Å². The molecule has 19 heavy (non-hydrogen) atoms. The summed E-state index contributed by atoms with van der Waals surface area (Å²) in [7, 11) is 1.78. The fourth-order valence-electron chi connectivity index (χ4n) is 3.77. The van der Waals surface area contributed by atoms with Gasteiger partial charge in [0.2, 0.25) is 0 Å². The Morgan fingerprint density at radius 3 is 2.58 bits per heavy atom. The molecule has 2 N–H and O–H groups in total. The van der Waals surface area contributed by atoms with Gasteiger partial charge in [-0.05, 0) is 38.3 Å². The number of ether oxygens (including phenoxy) is 1. The number of piperidine rings is 1. The summed E-state index contributed by atoms with van der Waals surface area (Å²) in [5.41, 5.74) is 6.00. The lowest BCUT2D eigenvalue weighted by Crippen LogP contribution is -2.47. The van der Waals surface area contributed by atoms with Crippen molar-refractivity contribution >= 4 is 0 Å². The van der Waals surface area contributed by atoms with Crippen molar-refractivity contribution < 1.29 is 4.74 Å². The molecule has 2 rings (SSSR count). The van der Waals surface area contributed by atoms with Gasteiger partial charge in [0.15, 0.2) is 0 Å². The van der Waals surface area contributed by atoms with Gasteiger partial charge in [0.1, 0.15) is 0 Å². The minimum absolute atomic E-state index is 0.481. The summed E-state index contributed by atoms with van der Waals surface area (Å²) in [6, 6.07) is 1.25. The van der Waals surface area contributed by atoms with Crippen molar-refractivity contribution in [3.8, 4) is 0 Å². The molecule has 0 radical (unpaired) electrons. The van der Waals surface area contributed by atoms with Gasteiger partial charge in [-0.3, -0.25) is 9.80 Å². The molecule has 0 amide bonds. The molecule has 2 heterocycles. The van der Waals surface area contributed by atoms with Crippen LogP contribution in [-0.2, 0) is 4.74 Å². The summed E-state index contributed by atoms with van der Waals surface area (Å²) in [4.78, 5) is 5.31. The monoisotopic (exact) mass is 269 g/mol. The van der Waals surface area contributed by atoms with Crippen molar-refractivity contribution in [3.63, 3.8) is 0 Å². The Morgan fingerprint density at radius 1 is 1.21 bits per heavy atom. The van der Waals surface area contributed by atoms with Gasteiger partial charge >= 0.3 is 0 Å². The van der Waals surface area contributed by atoms with E-state index in [0.29, 0.717) is 12.0 Å². The zero-order valence-corrected chi connectivity index (χ0v) is 12.7. The van der Waals surface area contributed by atoms with Crippen LogP contribution in [0, 0.1) is 5.92 Å². The van der Waals surface area contributed by atoms with Crippen LogP contribution < -0.4 is 5.73 Å². The highest BCUT2D eigenvalue weighted by molar-refractivity contribution is 4.90. The van der Waals surface area contributed by atoms with Gasteiger partial charge in [0, 0.05) is 38.8 Å². The Kier molecular flexibility index (Phi) is 6.07. The van der Waals surface area contributed by atoms with Gasteiger partial charge in [-0.2, -0.15) is 0 Å². The van der Waals surface area contributed by atoms with Crippen molar-refractivity contribution in [1.29, 1.82) is 0 Å². The van der Waals surface area contributed by atoms with Crippen molar-refractivity contribution in [2.75, 3.05) is 46.4 Å². The summed E-state index contributed by atoms with van der Waals surface area (Å²) in [5.74, 6) is 0.523. The quantitative estimate of drug-likeness (QED) is 0.785. The van der Waals surface area contributed by atoms with Crippen LogP contribution in [0.4, 0.5) is 0 Å². The molecule has 0 aromatic carbocycles. The molecule has 4 heteroatoms. The van der Waals surface area contributed by atoms with Gasteiger partial charge in [-0.1, -0.05) is 13.3 Å². The lowest BCUT2D eigenvalue weighted by molar-refractivity contribution is 0.0894. The molecule has 0 spiro atoms. The fourth-order valence-corrected chi connectivity index (χ4v) is 3.77. The van der Waals surface area contributed by atoms with Crippen molar-refractivity contribution in [2.45, 2.75) is 44.7 Å². The number of likely N-dealkylation sites (tertiary alicyclic amines) is 2. The lowest BCUT2D eigenvalue weighted by atomic mass is 10.0. The van der Waals surface area contributed by atoms with E-state index in [1.54, 1.807) is 7.11 Å². The Bertz CT molecular complexity index is 256. The molecular weight excluding hydrogens is 238 g/mol. The molecule has 2 saturated heterocycles. The third kappa shape index (κ3) is 3.91. The van der Waals surface area contributed by atoms with E-state index in [1.807, 2.05) is 0 Å². The maximum absolute atomic E-state index is 6.00. The molecule has 4 nitrogen and oxygen atoms in total. The molecule has 0 aromatic heterocycles. The maximum Gasteiger partial charge on any atom is 0.0503 e. The normalized spacial score (nSPS) is 29.5. The summed E-state index contributed by atoms with van der Waals surface area (Å²) in [6.07, 6.45) is 5.51. The van der Waals surface area contributed by atoms with Crippen LogP contribution in [0.15, 0.2) is 0 Å². The number of methoxy groups -OCH3 is 1. The largest absolute Gasteiger partial charge is 0.384 e. The standard InChI is InChI=1S/C15H31N3O/c1-13(12-19-2)15(10-16)18-9-6-14(11-18)17-7-4-3-5-8-17/h13-15H,3-12,16H2,1-2H3. The van der Waals surface area contributed by atoms with Gasteiger partial charge in [0.25, 0.3) is 0 Å². The van der Waals surface area contributed by atoms with Crippen molar-refractivity contribution in [1.82, 2.24) is 9.80 Å². The molecule has 3 atom stereocenters. The molecule has 3 unspecified atom stereocenters. The SMILES string of the molecule is COCC(C)C(CN)N1CCC(N2CCCCC2)C1. The smallest absolute Gasteiger partial charge is 0.0503 e. The van der Waals surface area contributed by atoms with Crippen LogP contribution in [0.25, 0.3) is 0 Å². The first-order valence-corrected chi connectivity index (χ1v) is 7.93. The number of nitrogens with zero attached hydrogens (tertiary/aromatic N) is 2. The fraction of sp³-hybridized carbons (Fsp3) is 1.00. The van der Waals surface area contributed by atoms with Crippen LogP contribution in [0.2, 0.25) is 0 Å². The van der Waals surface area contributed by atoms with Crippen LogP contribution in [-0.4, -0.2) is 68.3 Å². The Hall–Kier alpha value is -0.160. The Balaban J connectivity index is 1.85. The number of nitrogens with two attached hydrogens (primary N) is 1. The van der Waals surface area contributed by atoms with E-state index in [9.17, 15) is 0 Å². The lowest BCUT2D eigenvalue weighted by Gasteiger charge is -2.34. The first kappa shape index (κ1) is 15.2. The number of hydrogen-bond donors (Lipinski definition) is 1. The van der Waals surface area contributed by atoms with Crippen molar-refractivity contribution in [2.24, 2.45) is 11.7 Å². The minimum Gasteiger partial charge on any atom is -0.384 e. The average Bonchev–Trinajstić information content (AvgIpc) is 2.90. The second-order valence-corrected chi connectivity index (χ2v) is 6.27. The van der Waals surface area contributed by atoms with Gasteiger partial charge in [-0.25, -0.2) is 0 Å². The maximum atomic E-state index is 6.00. The highest BCUT2D eigenvalue weighted by Crippen LogP contribution is 2.23. The molecule has 2 aliphatic rings. The van der Waals surface area contributed by atoms with Crippen LogP contribution in [0.5, 0.6) is 0 Å². The van der Waals surface area contributed by atoms with E-state index in [4.69, 9.17) is 10.5 Å². The van der Waals surface area contributed by atoms with Gasteiger partial charge < -0.3 is 10.5 Å². The molecular formula is C15H31N3O. The van der Waals surface area contributed by atoms with Gasteiger partial charge in [0.05, 0.1) is 6.61 Å². The minimum atomic E-state index is 0.481. The van der Waals surface area contributed by atoms with Gasteiger partial charge in [-0.15, -0.1) is 0 Å². The van der Waals surface area contributed by atoms with E-state index in [-0.39, 0.29) is 0 Å². The molecule has 112 valence electrons. The highest BCUT2D eigenvalue weighted by Gasteiger charge is 2.33. The van der Waals surface area contributed by atoms with E-state index < -0.39 is 0 Å². The summed E-state index contributed by atoms with van der Waals surface area (Å²) in [6.45, 7) is 8.84. The topological polar surface area (TPSA) is 41.7 Å². The third-order valence-corrected chi connectivity index (χ3v) is 4.90. The highest BCUT2D eigenvalue weighted by atomic mass is 16.5. The first-order valence-electron chi connectivity index (χ1n) is 7.93. The molecule has 2 aliphatic heterocycles. The zero-order valence-electron chi connectivity index (χ0n) is 12.7. The van der Waals surface area contributed by atoms with Crippen molar-refractivity contribution in [3.05, 3.63) is 0 Å². The second kappa shape index (κ2) is 7.58. The van der Waals surface area contributed by atoms with E-state index in [2.05, 4.69) is 16.7 Å². The zero-order chi connectivity index (χ0) is 13.7. The van der Waals surface area contributed by atoms with E-state index in [1.165, 1.54) is 51.9 Å². The predicted molar refractivity (Wildman–Crippen MR) is 79.3 cm³/mol. The molecule has 2 fully saturated rings. The number of hydrogen-bond acceptors (Lipinski definition) is 4. The Labute approximate surface area is 118 Å². The second-order valence-electron chi connectivity index (χ2n) is 6.27. The van der Waals surface area contributed by atoms with E-state index >= 15 is 0 Å². The molecule has 0 saturated carbocycles. The molecule has 0 bridgehead atoms. The van der Waals surface area contributed by atoms with Crippen LogP contribution in [0.3, 0.4) is 0 Å². The third-order valence-electron chi connectivity index (χ3n) is 4.90. The van der Waals surface area contributed by atoms with Crippen LogP contribution in [0.1, 0.15) is 32.6 Å².